The second kappa shape index (κ2) is 3.36. The number of rotatable bonds is 2. The van der Waals surface area contributed by atoms with E-state index in [1.165, 1.54) is 13.1 Å². The Bertz CT molecular complexity index is 319. The maximum atomic E-state index is 11.0. The van der Waals surface area contributed by atoms with E-state index in [9.17, 15) is 9.59 Å². The summed E-state index contributed by atoms with van der Waals surface area (Å²) >= 11 is 1.09. The molecule has 3 N–H and O–H groups in total. The predicted molar refractivity (Wildman–Crippen MR) is 46.2 cm³/mol. The van der Waals surface area contributed by atoms with Crippen LogP contribution in [-0.4, -0.2) is 18.9 Å². The molecule has 0 unspecified atom stereocenters. The zero-order valence-corrected chi connectivity index (χ0v) is 7.27. The number of carbonyl (C=O) groups excluding carboxylic acids is 2. The minimum absolute atomic E-state index is 0.201. The van der Waals surface area contributed by atoms with Crippen LogP contribution in [0.25, 0.3) is 0 Å². The minimum atomic E-state index is -0.504. The van der Waals surface area contributed by atoms with Gasteiger partial charge in [0, 0.05) is 7.05 Å². The second-order valence-electron chi connectivity index (χ2n) is 2.11. The van der Waals surface area contributed by atoms with Crippen LogP contribution in [0, 0.1) is 0 Å². The van der Waals surface area contributed by atoms with E-state index in [0.717, 1.165) is 11.3 Å². The number of nitrogens with one attached hydrogen (secondary N) is 1. The van der Waals surface area contributed by atoms with E-state index >= 15 is 0 Å². The molecule has 0 radical (unpaired) electrons. The molecule has 0 aliphatic carbocycles. The number of primary amides is 1. The predicted octanol–water partition coefficient (Wildman–Crippen LogP) is 0.207. The van der Waals surface area contributed by atoms with Crippen LogP contribution in [0.4, 0.5) is 0 Å². The summed E-state index contributed by atoms with van der Waals surface area (Å²) in [6, 6.07) is 3.11. The number of thiophene rings is 1. The van der Waals surface area contributed by atoms with Crippen LogP contribution in [-0.2, 0) is 0 Å². The summed E-state index contributed by atoms with van der Waals surface area (Å²) < 4.78 is 0. The maximum Gasteiger partial charge on any atom is 0.261 e. The average Bonchev–Trinajstić information content (AvgIpc) is 2.51. The molecule has 0 aromatic carbocycles. The third kappa shape index (κ3) is 1.62. The lowest BCUT2D eigenvalue weighted by atomic mass is 10.4. The van der Waals surface area contributed by atoms with E-state index < -0.39 is 5.91 Å². The first-order valence-electron chi connectivity index (χ1n) is 3.27. The third-order valence-corrected chi connectivity index (χ3v) is 2.40. The lowest BCUT2D eigenvalue weighted by Gasteiger charge is -1.91. The molecular formula is C7H8N2O2S. The minimum Gasteiger partial charge on any atom is -0.365 e. The topological polar surface area (TPSA) is 72.2 Å². The first kappa shape index (κ1) is 8.73. The monoisotopic (exact) mass is 184 g/mol. The first-order valence-corrected chi connectivity index (χ1v) is 4.08. The van der Waals surface area contributed by atoms with Gasteiger partial charge in [-0.2, -0.15) is 0 Å². The Morgan fingerprint density at radius 1 is 1.42 bits per heavy atom. The highest BCUT2D eigenvalue weighted by Gasteiger charge is 2.09. The molecule has 64 valence electrons. The highest BCUT2D eigenvalue weighted by Crippen LogP contribution is 2.15. The Morgan fingerprint density at radius 2 is 2.00 bits per heavy atom. The van der Waals surface area contributed by atoms with Gasteiger partial charge >= 0.3 is 0 Å². The Kier molecular flexibility index (Phi) is 2.44. The molecule has 0 aliphatic heterocycles. The zero-order chi connectivity index (χ0) is 9.14. The van der Waals surface area contributed by atoms with Gasteiger partial charge in [0.05, 0.1) is 9.75 Å². The molecule has 1 rings (SSSR count). The summed E-state index contributed by atoms with van der Waals surface area (Å²) in [7, 11) is 1.53. The van der Waals surface area contributed by atoms with Gasteiger partial charge in [0.15, 0.2) is 0 Å². The number of nitrogens with two attached hydrogens (primary N) is 1. The fraction of sp³-hybridized carbons (Fsp3) is 0.143. The van der Waals surface area contributed by atoms with E-state index in [1.807, 2.05) is 0 Å². The highest BCUT2D eigenvalue weighted by atomic mass is 32.1. The van der Waals surface area contributed by atoms with Crippen LogP contribution in [0.3, 0.4) is 0 Å². The number of hydrogen-bond donors (Lipinski definition) is 2. The average molecular weight is 184 g/mol. The van der Waals surface area contributed by atoms with Gasteiger partial charge in [0.25, 0.3) is 11.8 Å². The van der Waals surface area contributed by atoms with E-state index in [0.29, 0.717) is 9.75 Å². The van der Waals surface area contributed by atoms with Gasteiger partial charge in [-0.3, -0.25) is 9.59 Å². The molecule has 4 nitrogen and oxygen atoms in total. The summed E-state index contributed by atoms with van der Waals surface area (Å²) in [5, 5.41) is 2.45. The van der Waals surface area contributed by atoms with Crippen LogP contribution >= 0.6 is 11.3 Å². The van der Waals surface area contributed by atoms with Gasteiger partial charge in [-0.25, -0.2) is 0 Å². The molecule has 1 aromatic rings. The van der Waals surface area contributed by atoms with Crippen molar-refractivity contribution in [3.8, 4) is 0 Å². The van der Waals surface area contributed by atoms with Crippen LogP contribution < -0.4 is 11.1 Å². The molecule has 0 fully saturated rings. The van der Waals surface area contributed by atoms with E-state index in [2.05, 4.69) is 5.32 Å². The molecule has 0 bridgehead atoms. The van der Waals surface area contributed by atoms with Crippen molar-refractivity contribution in [1.29, 1.82) is 0 Å². The molecule has 5 heteroatoms. The number of hydrogen-bond acceptors (Lipinski definition) is 3. The number of carbonyl (C=O) groups is 2. The van der Waals surface area contributed by atoms with Crippen molar-refractivity contribution in [3.63, 3.8) is 0 Å². The van der Waals surface area contributed by atoms with E-state index in [-0.39, 0.29) is 5.91 Å². The molecule has 12 heavy (non-hydrogen) atoms. The van der Waals surface area contributed by atoms with Crippen molar-refractivity contribution in [2.24, 2.45) is 5.73 Å². The lowest BCUT2D eigenvalue weighted by Crippen LogP contribution is -2.16. The van der Waals surface area contributed by atoms with Crippen molar-refractivity contribution in [1.82, 2.24) is 5.32 Å². The van der Waals surface area contributed by atoms with Gasteiger partial charge in [0.1, 0.15) is 0 Å². The van der Waals surface area contributed by atoms with Gasteiger partial charge in [-0.05, 0) is 12.1 Å². The normalized spacial score (nSPS) is 9.42. The molecule has 1 heterocycles. The Hall–Kier alpha value is -1.36. The summed E-state index contributed by atoms with van der Waals surface area (Å²) in [5.41, 5.74) is 5.01. The van der Waals surface area contributed by atoms with Gasteiger partial charge in [-0.15, -0.1) is 11.3 Å². The maximum absolute atomic E-state index is 11.0. The van der Waals surface area contributed by atoms with Gasteiger partial charge in [-0.1, -0.05) is 0 Å². The Balaban J connectivity index is 2.91. The highest BCUT2D eigenvalue weighted by molar-refractivity contribution is 7.15. The fourth-order valence-electron chi connectivity index (χ4n) is 0.716. The first-order chi connectivity index (χ1) is 5.65. The van der Waals surface area contributed by atoms with Crippen LogP contribution in [0.5, 0.6) is 0 Å². The van der Waals surface area contributed by atoms with Crippen LogP contribution in [0.1, 0.15) is 19.3 Å². The summed E-state index contributed by atoms with van der Waals surface area (Å²) in [6.07, 6.45) is 0. The SMILES string of the molecule is CNC(=O)c1ccc(C(N)=O)s1. The molecule has 0 aliphatic rings. The third-order valence-electron chi connectivity index (χ3n) is 1.30. The molecule has 0 saturated heterocycles. The molecule has 0 saturated carbocycles. The lowest BCUT2D eigenvalue weighted by molar-refractivity contribution is 0.0966. The molecule has 0 atom stereocenters. The second-order valence-corrected chi connectivity index (χ2v) is 3.19. The largest absolute Gasteiger partial charge is 0.365 e. The molecule has 0 spiro atoms. The molecule has 2 amide bonds. The van der Waals surface area contributed by atoms with Crippen LogP contribution in [0.2, 0.25) is 0 Å². The summed E-state index contributed by atoms with van der Waals surface area (Å²) in [4.78, 5) is 22.5. The van der Waals surface area contributed by atoms with Crippen molar-refractivity contribution >= 4 is 23.2 Å². The smallest absolute Gasteiger partial charge is 0.261 e. The van der Waals surface area contributed by atoms with Gasteiger partial charge < -0.3 is 11.1 Å². The Labute approximate surface area is 73.4 Å². The van der Waals surface area contributed by atoms with Crippen molar-refractivity contribution in [2.75, 3.05) is 7.05 Å². The fourth-order valence-corrected chi connectivity index (χ4v) is 1.52. The standard InChI is InChI=1S/C7H8N2O2S/c1-9-7(11)5-3-2-4(12-5)6(8)10/h2-3H,1H3,(H2,8,10)(H,9,11). The van der Waals surface area contributed by atoms with Crippen molar-refractivity contribution < 1.29 is 9.59 Å². The summed E-state index contributed by atoms with van der Waals surface area (Å²) in [6.45, 7) is 0. The quantitative estimate of drug-likeness (QED) is 0.689. The van der Waals surface area contributed by atoms with Crippen LogP contribution in [0.15, 0.2) is 12.1 Å². The van der Waals surface area contributed by atoms with Gasteiger partial charge in [0.2, 0.25) is 0 Å². The zero-order valence-electron chi connectivity index (χ0n) is 6.46. The van der Waals surface area contributed by atoms with Crippen molar-refractivity contribution in [3.05, 3.63) is 21.9 Å². The summed E-state index contributed by atoms with van der Waals surface area (Å²) in [5.74, 6) is -0.706. The number of amides is 2. The van der Waals surface area contributed by atoms with E-state index in [4.69, 9.17) is 5.73 Å². The molecular weight excluding hydrogens is 176 g/mol. The molecule has 1 aromatic heterocycles. The van der Waals surface area contributed by atoms with Crippen molar-refractivity contribution in [2.45, 2.75) is 0 Å². The van der Waals surface area contributed by atoms with E-state index in [1.54, 1.807) is 6.07 Å². The Morgan fingerprint density at radius 3 is 2.42 bits per heavy atom.